The first-order chi connectivity index (χ1) is 10.9. The van der Waals surface area contributed by atoms with E-state index in [1.807, 2.05) is 43.1 Å². The van der Waals surface area contributed by atoms with Crippen molar-refractivity contribution in [2.45, 2.75) is 32.4 Å². The molecule has 0 aromatic heterocycles. The van der Waals surface area contributed by atoms with E-state index in [9.17, 15) is 9.59 Å². The number of likely N-dealkylation sites (tertiary alicyclic amines) is 1. The Hall–Kier alpha value is -1.59. The molecular weight excluding hydrogens is 314 g/mol. The Balaban J connectivity index is 1.96. The minimum Gasteiger partial charge on any atom is -0.369 e. The fraction of sp³-hybridized carbons (Fsp3) is 0.529. The molecule has 126 valence electrons. The van der Waals surface area contributed by atoms with E-state index >= 15 is 0 Å². The van der Waals surface area contributed by atoms with Crippen LogP contribution in [0.4, 0.5) is 0 Å². The van der Waals surface area contributed by atoms with Crippen LogP contribution in [0.3, 0.4) is 0 Å². The van der Waals surface area contributed by atoms with Crippen LogP contribution in [-0.2, 0) is 16.1 Å². The smallest absolute Gasteiger partial charge is 0.239 e. The van der Waals surface area contributed by atoms with Crippen molar-refractivity contribution in [2.24, 2.45) is 11.7 Å². The summed E-state index contributed by atoms with van der Waals surface area (Å²) in [6, 6.07) is 7.36. The molecule has 6 heteroatoms. The Morgan fingerprint density at radius 1 is 1.48 bits per heavy atom. The van der Waals surface area contributed by atoms with Crippen LogP contribution in [0.2, 0.25) is 5.02 Å². The van der Waals surface area contributed by atoms with Crippen LogP contribution >= 0.6 is 11.6 Å². The van der Waals surface area contributed by atoms with E-state index in [4.69, 9.17) is 17.3 Å². The zero-order chi connectivity index (χ0) is 17.0. The van der Waals surface area contributed by atoms with Crippen LogP contribution in [0.5, 0.6) is 0 Å². The highest BCUT2D eigenvalue weighted by Crippen LogP contribution is 2.19. The van der Waals surface area contributed by atoms with Crippen LogP contribution in [0.25, 0.3) is 0 Å². The van der Waals surface area contributed by atoms with Gasteiger partial charge in [0.05, 0.1) is 12.0 Å². The third-order valence-electron chi connectivity index (χ3n) is 4.47. The van der Waals surface area contributed by atoms with E-state index in [1.165, 1.54) is 0 Å². The van der Waals surface area contributed by atoms with Gasteiger partial charge in [-0.2, -0.15) is 0 Å². The molecule has 1 heterocycles. The van der Waals surface area contributed by atoms with Crippen LogP contribution in [0.1, 0.15) is 25.3 Å². The summed E-state index contributed by atoms with van der Waals surface area (Å²) in [6.45, 7) is 3.66. The normalized spacial score (nSPS) is 19.7. The molecule has 1 aliphatic heterocycles. The van der Waals surface area contributed by atoms with Crippen molar-refractivity contribution >= 4 is 23.4 Å². The first-order valence-corrected chi connectivity index (χ1v) is 8.29. The molecule has 23 heavy (non-hydrogen) atoms. The fourth-order valence-electron chi connectivity index (χ4n) is 2.92. The Labute approximate surface area is 142 Å². The van der Waals surface area contributed by atoms with Gasteiger partial charge in [0.25, 0.3) is 0 Å². The Morgan fingerprint density at radius 3 is 2.87 bits per heavy atom. The summed E-state index contributed by atoms with van der Waals surface area (Å²) in [7, 11) is 1.92. The largest absolute Gasteiger partial charge is 0.369 e. The standard InChI is InChI=1S/C17H24ClN3O2/c1-12(20(2)10-13-5-3-7-15(18)9-13)17(23)21-8-4-6-14(11-21)16(19)22/h3,5,7,9,12,14H,4,6,8,10-11H2,1-2H3,(H2,19,22)/t12-,14+/m0/s1. The third kappa shape index (κ3) is 4.69. The van der Waals surface area contributed by atoms with Crippen molar-refractivity contribution < 1.29 is 9.59 Å². The average Bonchev–Trinajstić information content (AvgIpc) is 2.53. The molecule has 1 aliphatic rings. The molecule has 2 N–H and O–H groups in total. The molecule has 0 saturated carbocycles. The lowest BCUT2D eigenvalue weighted by molar-refractivity contribution is -0.139. The number of amides is 2. The van der Waals surface area contributed by atoms with Crippen molar-refractivity contribution in [3.63, 3.8) is 0 Å². The topological polar surface area (TPSA) is 66.6 Å². The van der Waals surface area contributed by atoms with Gasteiger partial charge in [-0.1, -0.05) is 23.7 Å². The van der Waals surface area contributed by atoms with E-state index in [0.29, 0.717) is 24.7 Å². The van der Waals surface area contributed by atoms with E-state index in [0.717, 1.165) is 18.4 Å². The zero-order valence-electron chi connectivity index (χ0n) is 13.7. The summed E-state index contributed by atoms with van der Waals surface area (Å²) in [6.07, 6.45) is 1.59. The second-order valence-electron chi connectivity index (χ2n) is 6.25. The van der Waals surface area contributed by atoms with Crippen LogP contribution < -0.4 is 5.73 Å². The number of primary amides is 1. The minimum absolute atomic E-state index is 0.0421. The molecule has 2 amide bonds. The molecule has 1 fully saturated rings. The summed E-state index contributed by atoms with van der Waals surface area (Å²) in [4.78, 5) is 27.8. The number of rotatable bonds is 5. The number of piperidine rings is 1. The summed E-state index contributed by atoms with van der Waals surface area (Å²) in [5.41, 5.74) is 6.45. The average molecular weight is 338 g/mol. The third-order valence-corrected chi connectivity index (χ3v) is 4.71. The van der Waals surface area contributed by atoms with E-state index in [-0.39, 0.29) is 23.8 Å². The minimum atomic E-state index is -0.317. The first kappa shape index (κ1) is 17.8. The Bertz CT molecular complexity index is 579. The highest BCUT2D eigenvalue weighted by Gasteiger charge is 2.30. The number of likely N-dealkylation sites (N-methyl/N-ethyl adjacent to an activating group) is 1. The molecule has 2 atom stereocenters. The maximum absolute atomic E-state index is 12.7. The second kappa shape index (κ2) is 7.79. The SMILES string of the molecule is C[C@@H](C(=O)N1CCC[C@@H](C(N)=O)C1)N(C)Cc1cccc(Cl)c1. The van der Waals surface area contributed by atoms with Crippen molar-refractivity contribution in [1.82, 2.24) is 9.80 Å². The lowest BCUT2D eigenvalue weighted by atomic mass is 9.97. The van der Waals surface area contributed by atoms with Gasteiger partial charge in [0.1, 0.15) is 0 Å². The van der Waals surface area contributed by atoms with Gasteiger partial charge in [0.15, 0.2) is 0 Å². The zero-order valence-corrected chi connectivity index (χ0v) is 14.4. The Kier molecular flexibility index (Phi) is 6.02. The molecule has 0 bridgehead atoms. The predicted octanol–water partition coefficient (Wildman–Crippen LogP) is 1.88. The van der Waals surface area contributed by atoms with Gasteiger partial charge < -0.3 is 10.6 Å². The van der Waals surface area contributed by atoms with Gasteiger partial charge >= 0.3 is 0 Å². The molecule has 5 nitrogen and oxygen atoms in total. The van der Waals surface area contributed by atoms with E-state index in [2.05, 4.69) is 0 Å². The number of halogens is 1. The highest BCUT2D eigenvalue weighted by molar-refractivity contribution is 6.30. The van der Waals surface area contributed by atoms with Gasteiger partial charge in [-0.15, -0.1) is 0 Å². The van der Waals surface area contributed by atoms with Crippen LogP contribution in [0, 0.1) is 5.92 Å². The highest BCUT2D eigenvalue weighted by atomic mass is 35.5. The van der Waals surface area contributed by atoms with Gasteiger partial charge in [0.2, 0.25) is 11.8 Å². The number of benzene rings is 1. The molecule has 1 aromatic rings. The Morgan fingerprint density at radius 2 is 2.22 bits per heavy atom. The van der Waals surface area contributed by atoms with E-state index in [1.54, 1.807) is 4.90 Å². The first-order valence-electron chi connectivity index (χ1n) is 7.91. The summed E-state index contributed by atoms with van der Waals surface area (Å²) in [5, 5.41) is 0.690. The molecule has 1 saturated heterocycles. The lowest BCUT2D eigenvalue weighted by Crippen LogP contribution is -2.50. The number of carbonyl (C=O) groups is 2. The number of carbonyl (C=O) groups excluding carboxylic acids is 2. The van der Waals surface area contributed by atoms with Crippen molar-refractivity contribution in [2.75, 3.05) is 20.1 Å². The summed E-state index contributed by atoms with van der Waals surface area (Å²) in [5.74, 6) is -0.499. The summed E-state index contributed by atoms with van der Waals surface area (Å²) >= 11 is 6.00. The number of hydrogen-bond acceptors (Lipinski definition) is 3. The van der Waals surface area contributed by atoms with Crippen molar-refractivity contribution in [1.29, 1.82) is 0 Å². The van der Waals surface area contributed by atoms with Crippen LogP contribution in [0.15, 0.2) is 24.3 Å². The lowest BCUT2D eigenvalue weighted by Gasteiger charge is -2.35. The van der Waals surface area contributed by atoms with Gasteiger partial charge in [0, 0.05) is 24.7 Å². The number of nitrogens with two attached hydrogens (primary N) is 1. The predicted molar refractivity (Wildman–Crippen MR) is 90.9 cm³/mol. The maximum Gasteiger partial charge on any atom is 0.239 e. The number of nitrogens with zero attached hydrogens (tertiary/aromatic N) is 2. The molecule has 0 aliphatic carbocycles. The van der Waals surface area contributed by atoms with Crippen molar-refractivity contribution in [3.05, 3.63) is 34.9 Å². The second-order valence-corrected chi connectivity index (χ2v) is 6.68. The van der Waals surface area contributed by atoms with Crippen LogP contribution in [-0.4, -0.2) is 47.8 Å². The number of hydrogen-bond donors (Lipinski definition) is 1. The fourth-order valence-corrected chi connectivity index (χ4v) is 3.14. The maximum atomic E-state index is 12.7. The van der Waals surface area contributed by atoms with E-state index < -0.39 is 0 Å². The van der Waals surface area contributed by atoms with Crippen molar-refractivity contribution in [3.8, 4) is 0 Å². The molecule has 0 radical (unpaired) electrons. The molecule has 2 rings (SSSR count). The quantitative estimate of drug-likeness (QED) is 0.892. The van der Waals surface area contributed by atoms with Gasteiger partial charge in [-0.25, -0.2) is 0 Å². The van der Waals surface area contributed by atoms with Gasteiger partial charge in [-0.05, 0) is 44.5 Å². The summed E-state index contributed by atoms with van der Waals surface area (Å²) < 4.78 is 0. The molecular formula is C17H24ClN3O2. The van der Waals surface area contributed by atoms with Gasteiger partial charge in [-0.3, -0.25) is 14.5 Å². The molecule has 0 unspecified atom stereocenters. The molecule has 1 aromatic carbocycles. The molecule has 0 spiro atoms. The monoisotopic (exact) mass is 337 g/mol.